The van der Waals surface area contributed by atoms with E-state index in [9.17, 15) is 23.1 Å². The van der Waals surface area contributed by atoms with Crippen LogP contribution in [0.2, 0.25) is 5.02 Å². The SMILES string of the molecule is Cc1c(S(C)(=O)=O)c(-c2cccc(N3CCN(c4ccc(N5CCO[P@@]5(=O)c5ccc(C[C@H](CCN6CCOCC6)CSc6ccccc6)c([N+](=O)[O-])c5)cc4)CC3)c2)c(-c2ccc(Cl)cc2)n1C(C)C. The van der Waals surface area contributed by atoms with Crippen LogP contribution in [0.15, 0.2) is 131 Å². The fourth-order valence-electron chi connectivity index (χ4n) is 10.4. The maximum absolute atomic E-state index is 14.9. The minimum Gasteiger partial charge on any atom is -0.379 e. The number of hydrogen-bond donors (Lipinski definition) is 0. The van der Waals surface area contributed by atoms with Gasteiger partial charge >= 0.3 is 7.52 Å². The number of nitro benzene ring substituents is 1. The van der Waals surface area contributed by atoms with Gasteiger partial charge in [-0.05, 0) is 124 Å². The summed E-state index contributed by atoms with van der Waals surface area (Å²) in [5.41, 5.74) is 7.34. The molecule has 0 spiro atoms. The summed E-state index contributed by atoms with van der Waals surface area (Å²) in [4.78, 5) is 20.9. The Labute approximate surface area is 427 Å². The van der Waals surface area contributed by atoms with E-state index in [1.807, 2.05) is 85.8 Å². The molecule has 0 amide bonds. The predicted octanol–water partition coefficient (Wildman–Crippen LogP) is 11.0. The van der Waals surface area contributed by atoms with Crippen LogP contribution in [0.3, 0.4) is 0 Å². The molecule has 13 nitrogen and oxygen atoms in total. The molecular weight excluding hydrogens is 975 g/mol. The number of rotatable bonds is 17. The van der Waals surface area contributed by atoms with Gasteiger partial charge in [0.05, 0.1) is 47.2 Å². The molecule has 6 aromatic rings. The van der Waals surface area contributed by atoms with Gasteiger partial charge in [-0.2, -0.15) is 0 Å². The maximum atomic E-state index is 14.9. The summed E-state index contributed by atoms with van der Waals surface area (Å²) in [7, 11) is -7.29. The summed E-state index contributed by atoms with van der Waals surface area (Å²) in [5, 5.41) is 13.7. The lowest BCUT2D eigenvalue weighted by molar-refractivity contribution is -0.385. The average Bonchev–Trinajstić information content (AvgIpc) is 3.94. The molecule has 0 N–H and O–H groups in total. The summed E-state index contributed by atoms with van der Waals surface area (Å²) < 4.78 is 57.5. The number of anilines is 3. The Kier molecular flexibility index (Phi) is 15.7. The number of benzene rings is 5. The van der Waals surface area contributed by atoms with Gasteiger partial charge in [-0.15, -0.1) is 11.8 Å². The highest BCUT2D eigenvalue weighted by molar-refractivity contribution is 7.99. The fraction of sp³-hybridized carbons (Fsp3) is 0.370. The summed E-state index contributed by atoms with van der Waals surface area (Å²) in [6, 6.07) is 39.0. The highest BCUT2D eigenvalue weighted by Gasteiger charge is 2.41. The average molecular weight is 1040 g/mol. The van der Waals surface area contributed by atoms with Crippen molar-refractivity contribution in [3.05, 3.63) is 148 Å². The van der Waals surface area contributed by atoms with Gasteiger partial charge in [0.25, 0.3) is 5.69 Å². The highest BCUT2D eigenvalue weighted by Crippen LogP contribution is 2.56. The number of nitro groups is 1. The van der Waals surface area contributed by atoms with E-state index >= 15 is 0 Å². The van der Waals surface area contributed by atoms with Crippen molar-refractivity contribution in [2.24, 2.45) is 5.92 Å². The van der Waals surface area contributed by atoms with Crippen LogP contribution in [0.25, 0.3) is 22.4 Å². The van der Waals surface area contributed by atoms with Crippen molar-refractivity contribution in [2.75, 3.05) is 98.7 Å². The Balaban J connectivity index is 0.894. The first-order valence-electron chi connectivity index (χ1n) is 24.4. The van der Waals surface area contributed by atoms with Crippen LogP contribution >= 0.6 is 30.9 Å². The van der Waals surface area contributed by atoms with Crippen molar-refractivity contribution in [1.82, 2.24) is 9.47 Å². The number of hydrogen-bond acceptors (Lipinski definition) is 11. The summed E-state index contributed by atoms with van der Waals surface area (Å²) >= 11 is 8.08. The van der Waals surface area contributed by atoms with Crippen molar-refractivity contribution in [3.63, 3.8) is 0 Å². The van der Waals surface area contributed by atoms with E-state index in [1.54, 1.807) is 28.6 Å². The second kappa shape index (κ2) is 21.9. The molecule has 0 saturated carbocycles. The summed E-state index contributed by atoms with van der Waals surface area (Å²) in [6.07, 6.45) is 2.71. The monoisotopic (exact) mass is 1040 g/mol. The van der Waals surface area contributed by atoms with Crippen LogP contribution in [-0.4, -0.2) is 107 Å². The zero-order chi connectivity index (χ0) is 49.9. The Morgan fingerprint density at radius 2 is 1.45 bits per heavy atom. The zero-order valence-corrected chi connectivity index (χ0v) is 44.1. The van der Waals surface area contributed by atoms with Crippen LogP contribution in [0.4, 0.5) is 22.7 Å². The molecule has 9 rings (SSSR count). The Morgan fingerprint density at radius 3 is 2.11 bits per heavy atom. The third kappa shape index (κ3) is 11.3. The minimum absolute atomic E-state index is 0.00459. The lowest BCUT2D eigenvalue weighted by Gasteiger charge is -2.37. The van der Waals surface area contributed by atoms with E-state index < -0.39 is 17.4 Å². The number of nitrogens with zero attached hydrogens (tertiary/aromatic N) is 6. The molecule has 71 heavy (non-hydrogen) atoms. The molecular formula is C54H62ClN6O7PS2. The van der Waals surface area contributed by atoms with E-state index in [0.717, 1.165) is 105 Å². The van der Waals surface area contributed by atoms with Crippen LogP contribution in [-0.2, 0) is 30.1 Å². The second-order valence-electron chi connectivity index (χ2n) is 18.9. The first kappa shape index (κ1) is 50.8. The van der Waals surface area contributed by atoms with Gasteiger partial charge in [0, 0.05) is 107 Å². The Hall–Kier alpha value is -5.12. The van der Waals surface area contributed by atoms with Crippen LogP contribution in [0.1, 0.15) is 37.6 Å². The van der Waals surface area contributed by atoms with E-state index in [2.05, 4.69) is 57.4 Å². The number of morpholine rings is 1. The van der Waals surface area contributed by atoms with Crippen LogP contribution < -0.4 is 19.8 Å². The number of thioether (sulfide) groups is 1. The molecule has 3 aliphatic heterocycles. The standard InChI is InChI=1S/C54H62ClN6O7PS2/c1-39(2)60-40(3)54(71(4,65)66)52(53(60)42-13-16-45(55)17-14-42)44-9-8-10-48(36-44)58-27-25-57(26-28-58)46-18-20-47(21-19-46)59-31-34-68-69(59,64)49-22-15-43(51(37-49)61(62)63)35-41(23-24-56-29-32-67-33-30-56)38-70-50-11-6-5-7-12-50/h5-22,36-37,39,41H,23-35,38H2,1-4H3/t41-,69-/m0/s1. The predicted molar refractivity (Wildman–Crippen MR) is 289 cm³/mol. The lowest BCUT2D eigenvalue weighted by atomic mass is 9.96. The molecule has 374 valence electrons. The fourth-order valence-corrected chi connectivity index (χ4v) is 15.0. The molecule has 3 aliphatic rings. The van der Waals surface area contributed by atoms with Crippen molar-refractivity contribution in [2.45, 2.75) is 49.4 Å². The van der Waals surface area contributed by atoms with E-state index in [4.69, 9.17) is 20.9 Å². The molecule has 0 bridgehead atoms. The third-order valence-electron chi connectivity index (χ3n) is 13.9. The first-order chi connectivity index (χ1) is 34.2. The lowest BCUT2D eigenvalue weighted by Crippen LogP contribution is -2.46. The topological polar surface area (TPSA) is 131 Å². The largest absolute Gasteiger partial charge is 0.379 e. The molecule has 3 saturated heterocycles. The van der Waals surface area contributed by atoms with E-state index in [1.165, 1.54) is 17.2 Å². The number of halogens is 1. The number of sulfone groups is 1. The molecule has 5 aromatic carbocycles. The van der Waals surface area contributed by atoms with Gasteiger partial charge in [0.15, 0.2) is 9.84 Å². The highest BCUT2D eigenvalue weighted by atomic mass is 35.5. The number of ether oxygens (including phenoxy) is 1. The van der Waals surface area contributed by atoms with Gasteiger partial charge in [-0.25, -0.2) is 8.42 Å². The van der Waals surface area contributed by atoms with E-state index in [-0.39, 0.29) is 29.2 Å². The molecule has 2 atom stereocenters. The molecule has 17 heteroatoms. The minimum atomic E-state index is -3.67. The van der Waals surface area contributed by atoms with Crippen molar-refractivity contribution in [3.8, 4) is 22.4 Å². The van der Waals surface area contributed by atoms with Gasteiger partial charge in [-0.1, -0.05) is 60.1 Å². The first-order valence-corrected chi connectivity index (χ1v) is 29.2. The Morgan fingerprint density at radius 1 is 0.775 bits per heavy atom. The van der Waals surface area contributed by atoms with Gasteiger partial charge in [-0.3, -0.25) is 24.2 Å². The van der Waals surface area contributed by atoms with Crippen molar-refractivity contribution >= 4 is 68.8 Å². The Bertz CT molecular complexity index is 3000. The molecule has 1 aromatic heterocycles. The van der Waals surface area contributed by atoms with E-state index in [0.29, 0.717) is 45.0 Å². The summed E-state index contributed by atoms with van der Waals surface area (Å²) in [6.45, 7) is 13.7. The van der Waals surface area contributed by atoms with Gasteiger partial charge in [0.2, 0.25) is 0 Å². The molecule has 0 unspecified atom stereocenters. The molecule has 3 fully saturated rings. The third-order valence-corrected chi connectivity index (χ3v) is 19.1. The number of piperazine rings is 1. The molecule has 0 radical (unpaired) electrons. The summed E-state index contributed by atoms with van der Waals surface area (Å²) in [5.74, 6) is 1.000. The van der Waals surface area contributed by atoms with Gasteiger partial charge < -0.3 is 23.6 Å². The maximum Gasteiger partial charge on any atom is 0.326 e. The molecule has 0 aliphatic carbocycles. The normalized spacial score (nSPS) is 18.4. The van der Waals surface area contributed by atoms with Crippen LogP contribution in [0, 0.1) is 23.0 Å². The van der Waals surface area contributed by atoms with Crippen LogP contribution in [0.5, 0.6) is 0 Å². The van der Waals surface area contributed by atoms with Crippen molar-refractivity contribution < 1.29 is 27.2 Å². The molecule has 4 heterocycles. The van der Waals surface area contributed by atoms with Crippen molar-refractivity contribution in [1.29, 1.82) is 0 Å². The quantitative estimate of drug-likeness (QED) is 0.0373. The second-order valence-corrected chi connectivity index (χ2v) is 24.7. The van der Waals surface area contributed by atoms with Gasteiger partial charge in [0.1, 0.15) is 0 Å². The number of aromatic nitrogens is 1. The zero-order valence-electron chi connectivity index (χ0n) is 40.8. The smallest absolute Gasteiger partial charge is 0.326 e.